The molecule has 250 valence electrons. The summed E-state index contributed by atoms with van der Waals surface area (Å²) < 4.78 is 44.0. The van der Waals surface area contributed by atoms with Gasteiger partial charge in [0, 0.05) is 40.7 Å². The van der Waals surface area contributed by atoms with Crippen LogP contribution in [0, 0.1) is 13.8 Å². The van der Waals surface area contributed by atoms with E-state index in [9.17, 15) is 27.9 Å². The van der Waals surface area contributed by atoms with E-state index in [0.29, 0.717) is 45.0 Å². The predicted molar refractivity (Wildman–Crippen MR) is 179 cm³/mol. The van der Waals surface area contributed by atoms with Crippen molar-refractivity contribution in [2.24, 2.45) is 0 Å². The van der Waals surface area contributed by atoms with Crippen molar-refractivity contribution in [1.29, 1.82) is 0 Å². The van der Waals surface area contributed by atoms with Crippen molar-refractivity contribution in [3.63, 3.8) is 0 Å². The summed E-state index contributed by atoms with van der Waals surface area (Å²) in [5.74, 6) is -0.321. The highest BCUT2D eigenvalue weighted by Crippen LogP contribution is 2.33. The number of aliphatic hydroxyl groups is 1. The Labute approximate surface area is 278 Å². The lowest BCUT2D eigenvalue weighted by Gasteiger charge is -2.18. The Morgan fingerprint density at radius 2 is 1.65 bits per heavy atom. The highest BCUT2D eigenvalue weighted by atomic mass is 19.4. The molecule has 6 rings (SSSR count). The van der Waals surface area contributed by atoms with Gasteiger partial charge >= 0.3 is 12.2 Å². The molecule has 0 atom stereocenters. The van der Waals surface area contributed by atoms with E-state index in [4.69, 9.17) is 0 Å². The molecule has 0 aliphatic heterocycles. The van der Waals surface area contributed by atoms with E-state index in [1.165, 1.54) is 33.9 Å². The molecule has 0 unspecified atom stereocenters. The fourth-order valence-corrected chi connectivity index (χ4v) is 5.16. The van der Waals surface area contributed by atoms with E-state index >= 15 is 0 Å². The lowest BCUT2D eigenvalue weighted by molar-refractivity contribution is -0.137. The van der Waals surface area contributed by atoms with Crippen LogP contribution in [0.5, 0.6) is 0 Å². The van der Waals surface area contributed by atoms with Crippen LogP contribution < -0.4 is 16.0 Å². The smallest absolute Gasteiger partial charge is 0.386 e. The number of anilines is 4. The van der Waals surface area contributed by atoms with Crippen molar-refractivity contribution in [3.05, 3.63) is 120 Å². The molecule has 3 aromatic carbocycles. The zero-order chi connectivity index (χ0) is 35.1. The summed E-state index contributed by atoms with van der Waals surface area (Å²) in [5, 5.41) is 19.6. The minimum absolute atomic E-state index is 0.126. The molecule has 14 heteroatoms. The number of carbonyl (C=O) groups is 2. The first-order valence-corrected chi connectivity index (χ1v) is 15.0. The molecule has 3 aromatic heterocycles. The molecule has 0 aliphatic rings. The lowest BCUT2D eigenvalue weighted by Crippen LogP contribution is -2.20. The third-order valence-corrected chi connectivity index (χ3v) is 7.79. The fourth-order valence-electron chi connectivity index (χ4n) is 5.16. The number of aryl methyl sites for hydroxylation is 2. The molecule has 0 fully saturated rings. The second-order valence-corrected chi connectivity index (χ2v) is 12.0. The van der Waals surface area contributed by atoms with Gasteiger partial charge in [-0.1, -0.05) is 18.2 Å². The van der Waals surface area contributed by atoms with E-state index in [0.717, 1.165) is 12.1 Å². The first kappa shape index (κ1) is 32.9. The highest BCUT2D eigenvalue weighted by molar-refractivity contribution is 6.06. The molecular formula is C35H31F3N8O3. The van der Waals surface area contributed by atoms with Crippen molar-refractivity contribution in [2.75, 3.05) is 16.0 Å². The number of aromatic nitrogens is 5. The molecule has 0 spiro atoms. The Hall–Kier alpha value is -6.02. The van der Waals surface area contributed by atoms with E-state index < -0.39 is 29.3 Å². The zero-order valence-electron chi connectivity index (χ0n) is 26.8. The summed E-state index contributed by atoms with van der Waals surface area (Å²) in [6, 6.07) is 16.2. The molecule has 2 amide bonds. The molecule has 4 N–H and O–H groups in total. The largest absolute Gasteiger partial charge is 0.416 e. The van der Waals surface area contributed by atoms with Crippen LogP contribution in [0.2, 0.25) is 0 Å². The van der Waals surface area contributed by atoms with Crippen LogP contribution in [-0.2, 0) is 11.8 Å². The predicted octanol–water partition coefficient (Wildman–Crippen LogP) is 7.56. The number of nitrogens with one attached hydrogen (secondary N) is 3. The van der Waals surface area contributed by atoms with Gasteiger partial charge in [0.05, 0.1) is 28.6 Å². The number of hydrogen-bond acceptors (Lipinski definition) is 7. The van der Waals surface area contributed by atoms with Gasteiger partial charge in [0.15, 0.2) is 5.65 Å². The zero-order valence-corrected chi connectivity index (χ0v) is 26.8. The van der Waals surface area contributed by atoms with Crippen LogP contribution in [0.15, 0.2) is 91.8 Å². The van der Waals surface area contributed by atoms with Crippen LogP contribution in [-0.4, -0.2) is 41.1 Å². The van der Waals surface area contributed by atoms with Gasteiger partial charge in [-0.25, -0.2) is 19.7 Å². The number of halogens is 3. The summed E-state index contributed by atoms with van der Waals surface area (Å²) >= 11 is 0. The maximum absolute atomic E-state index is 13.7. The average molecular weight is 669 g/mol. The normalized spacial score (nSPS) is 11.8. The molecule has 0 saturated heterocycles. The van der Waals surface area contributed by atoms with Crippen molar-refractivity contribution >= 4 is 45.9 Å². The van der Waals surface area contributed by atoms with Crippen LogP contribution in [0.1, 0.15) is 46.6 Å². The van der Waals surface area contributed by atoms with Crippen LogP contribution in [0.4, 0.5) is 40.8 Å². The van der Waals surface area contributed by atoms with Gasteiger partial charge in [-0.15, -0.1) is 0 Å². The number of amides is 2. The Morgan fingerprint density at radius 3 is 2.37 bits per heavy atom. The number of benzene rings is 3. The van der Waals surface area contributed by atoms with E-state index in [1.807, 2.05) is 18.2 Å². The number of hydrogen-bond donors (Lipinski definition) is 4. The van der Waals surface area contributed by atoms with Gasteiger partial charge in [0.25, 0.3) is 5.91 Å². The molecule has 0 bridgehead atoms. The first-order valence-electron chi connectivity index (χ1n) is 15.0. The summed E-state index contributed by atoms with van der Waals surface area (Å²) in [6.07, 6.45) is 1.11. The quantitative estimate of drug-likeness (QED) is 0.138. The third-order valence-electron chi connectivity index (χ3n) is 7.79. The third kappa shape index (κ3) is 7.13. The monoisotopic (exact) mass is 668 g/mol. The van der Waals surface area contributed by atoms with Crippen molar-refractivity contribution in [1.82, 2.24) is 24.1 Å². The maximum Gasteiger partial charge on any atom is 0.416 e. The number of nitrogens with zero attached hydrogens (tertiary/aromatic N) is 5. The Morgan fingerprint density at radius 1 is 0.857 bits per heavy atom. The molecule has 3 heterocycles. The molecule has 0 saturated carbocycles. The minimum atomic E-state index is -4.69. The van der Waals surface area contributed by atoms with Gasteiger partial charge in [-0.05, 0) is 87.4 Å². The standard InChI is InChI=1S/C35H31F3N8O3/c1-20-8-9-26(43-32(47)22-12-24(35(36,37)38)15-27(13-22)45-17-21(2)41-19-45)16-29(20)44-33(48)46-11-10-28-30(39-18-40-31(28)46)42-25-7-5-6-23(14-25)34(3,4)49/h5-19,49H,1-4H3,(H,43,47)(H,44,48)(H,39,40,42). The summed E-state index contributed by atoms with van der Waals surface area (Å²) in [7, 11) is 0. The Balaban J connectivity index is 1.22. The van der Waals surface area contributed by atoms with E-state index in [2.05, 4.69) is 30.9 Å². The molecule has 0 radical (unpaired) electrons. The minimum Gasteiger partial charge on any atom is -0.386 e. The van der Waals surface area contributed by atoms with Crippen molar-refractivity contribution < 1.29 is 27.9 Å². The van der Waals surface area contributed by atoms with Crippen LogP contribution >= 0.6 is 0 Å². The summed E-state index contributed by atoms with van der Waals surface area (Å²) in [4.78, 5) is 39.4. The van der Waals surface area contributed by atoms with Crippen LogP contribution in [0.3, 0.4) is 0 Å². The summed E-state index contributed by atoms with van der Waals surface area (Å²) in [5.41, 5.74) is 1.49. The molecule has 6 aromatic rings. The molecular weight excluding hydrogens is 637 g/mol. The van der Waals surface area contributed by atoms with Gasteiger partial charge in [-0.2, -0.15) is 13.2 Å². The van der Waals surface area contributed by atoms with Gasteiger partial charge in [-0.3, -0.25) is 9.36 Å². The second-order valence-electron chi connectivity index (χ2n) is 12.0. The van der Waals surface area contributed by atoms with Gasteiger partial charge < -0.3 is 25.6 Å². The molecule has 0 aliphatic carbocycles. The number of fused-ring (bicyclic) bond motifs is 1. The second kappa shape index (κ2) is 12.5. The topological polar surface area (TPSA) is 139 Å². The molecule has 49 heavy (non-hydrogen) atoms. The van der Waals surface area contributed by atoms with Gasteiger partial charge in [0.2, 0.25) is 0 Å². The Kier molecular flexibility index (Phi) is 8.42. The number of imidazole rings is 1. The van der Waals surface area contributed by atoms with E-state index in [-0.39, 0.29) is 16.9 Å². The fraction of sp³-hybridized carbons (Fsp3) is 0.171. The average Bonchev–Trinajstić information content (AvgIpc) is 3.69. The Bertz CT molecular complexity index is 2220. The lowest BCUT2D eigenvalue weighted by atomic mass is 9.98. The number of alkyl halides is 3. The maximum atomic E-state index is 13.7. The summed E-state index contributed by atoms with van der Waals surface area (Å²) in [6.45, 7) is 6.84. The molecule has 11 nitrogen and oxygen atoms in total. The van der Waals surface area contributed by atoms with E-state index in [1.54, 1.807) is 64.4 Å². The number of carbonyl (C=O) groups excluding carboxylic acids is 2. The van der Waals surface area contributed by atoms with Gasteiger partial charge in [0.1, 0.15) is 12.1 Å². The van der Waals surface area contributed by atoms with Crippen LogP contribution in [0.25, 0.3) is 16.7 Å². The number of rotatable bonds is 7. The van der Waals surface area contributed by atoms with Crippen molar-refractivity contribution in [2.45, 2.75) is 39.5 Å². The SMILES string of the molecule is Cc1cn(-c2cc(C(=O)Nc3ccc(C)c(NC(=O)n4ccc5c(Nc6cccc(C(C)(C)O)c6)ncnc54)c3)cc(C(F)(F)F)c2)cn1. The van der Waals surface area contributed by atoms with Crippen molar-refractivity contribution in [3.8, 4) is 5.69 Å². The highest BCUT2D eigenvalue weighted by Gasteiger charge is 2.32. The first-order chi connectivity index (χ1) is 23.2.